The highest BCUT2D eigenvalue weighted by molar-refractivity contribution is 7.98. The van der Waals surface area contributed by atoms with Crippen molar-refractivity contribution in [3.63, 3.8) is 0 Å². The van der Waals surface area contributed by atoms with Crippen molar-refractivity contribution >= 4 is 39.8 Å². The number of thiazole rings is 1. The maximum Gasteiger partial charge on any atom is 0.277 e. The third kappa shape index (κ3) is 4.19. The summed E-state index contributed by atoms with van der Waals surface area (Å²) in [5.74, 6) is 2.22. The van der Waals surface area contributed by atoms with Gasteiger partial charge in [-0.1, -0.05) is 23.9 Å². The molecule has 10 heteroatoms. The average molecular weight is 467 g/mol. The standard InChI is InChI=1S/C22H18N4O4S2/c1-13-4-3-5-17(8-13)26(14(2)27)21-23-16(10-31-21)11-32-22-25-24-20(30-22)15-6-7-18-19(9-15)29-12-28-18/h3-10H,11-12H2,1-2H3. The molecule has 0 unspecified atom stereocenters. The van der Waals surface area contributed by atoms with Gasteiger partial charge in [0.2, 0.25) is 18.6 Å². The molecule has 2 aromatic heterocycles. The Hall–Kier alpha value is -3.37. The number of hydrogen-bond acceptors (Lipinski definition) is 9. The fourth-order valence-corrected chi connectivity index (χ4v) is 4.86. The molecule has 1 aliphatic heterocycles. The van der Waals surface area contributed by atoms with Gasteiger partial charge in [0, 0.05) is 23.6 Å². The lowest BCUT2D eigenvalue weighted by Crippen LogP contribution is -2.22. The van der Waals surface area contributed by atoms with Crippen LogP contribution in [0.15, 0.2) is 57.5 Å². The second-order valence-electron chi connectivity index (χ2n) is 7.04. The molecule has 0 saturated carbocycles. The number of fused-ring (bicyclic) bond motifs is 1. The molecule has 1 aliphatic rings. The Labute approximate surface area is 192 Å². The number of rotatable bonds is 6. The summed E-state index contributed by atoms with van der Waals surface area (Å²) in [5.41, 5.74) is 3.48. The van der Waals surface area contributed by atoms with Crippen LogP contribution in [0.4, 0.5) is 10.8 Å². The van der Waals surface area contributed by atoms with Gasteiger partial charge < -0.3 is 13.9 Å². The quantitative estimate of drug-likeness (QED) is 0.358. The Balaban J connectivity index is 1.28. The van der Waals surface area contributed by atoms with Crippen LogP contribution >= 0.6 is 23.1 Å². The SMILES string of the molecule is CC(=O)N(c1cccc(C)c1)c1nc(CSc2nnc(-c3ccc4c(c3)OCO4)o2)cs1. The monoisotopic (exact) mass is 466 g/mol. The van der Waals surface area contributed by atoms with Crippen LogP contribution in [0.5, 0.6) is 11.5 Å². The molecule has 0 N–H and O–H groups in total. The molecule has 0 radical (unpaired) electrons. The summed E-state index contributed by atoms with van der Waals surface area (Å²) in [7, 11) is 0. The summed E-state index contributed by atoms with van der Waals surface area (Å²) in [4.78, 5) is 18.6. The number of nitrogens with zero attached hydrogens (tertiary/aromatic N) is 4. The maximum atomic E-state index is 12.3. The normalized spacial score (nSPS) is 12.2. The molecule has 0 saturated heterocycles. The molecular weight excluding hydrogens is 448 g/mol. The predicted molar refractivity (Wildman–Crippen MR) is 122 cm³/mol. The molecule has 0 spiro atoms. The third-order valence-corrected chi connectivity index (χ3v) is 6.40. The van der Waals surface area contributed by atoms with Gasteiger partial charge in [0.05, 0.1) is 11.4 Å². The van der Waals surface area contributed by atoms with Gasteiger partial charge in [0.25, 0.3) is 5.22 Å². The van der Waals surface area contributed by atoms with E-state index in [1.165, 1.54) is 30.0 Å². The highest BCUT2D eigenvalue weighted by atomic mass is 32.2. The van der Waals surface area contributed by atoms with E-state index in [0.29, 0.717) is 33.5 Å². The van der Waals surface area contributed by atoms with Crippen molar-refractivity contribution in [3.8, 4) is 23.0 Å². The van der Waals surface area contributed by atoms with E-state index in [0.717, 1.165) is 22.5 Å². The van der Waals surface area contributed by atoms with Gasteiger partial charge in [-0.05, 0) is 42.8 Å². The van der Waals surface area contributed by atoms with E-state index in [1.807, 2.05) is 54.8 Å². The number of hydrogen-bond donors (Lipinski definition) is 0. The largest absolute Gasteiger partial charge is 0.454 e. The number of amides is 1. The molecule has 162 valence electrons. The van der Waals surface area contributed by atoms with E-state index < -0.39 is 0 Å². The minimum Gasteiger partial charge on any atom is -0.454 e. The molecule has 0 fully saturated rings. The molecule has 0 bridgehead atoms. The lowest BCUT2D eigenvalue weighted by Gasteiger charge is -2.18. The number of benzene rings is 2. The molecule has 1 amide bonds. The second kappa shape index (κ2) is 8.64. The molecule has 2 aromatic carbocycles. The number of thioether (sulfide) groups is 1. The number of carbonyl (C=O) groups is 1. The van der Waals surface area contributed by atoms with Crippen molar-refractivity contribution in [2.75, 3.05) is 11.7 Å². The molecule has 4 aromatic rings. The first-order chi connectivity index (χ1) is 15.6. The minimum absolute atomic E-state index is 0.0885. The summed E-state index contributed by atoms with van der Waals surface area (Å²) in [6, 6.07) is 13.3. The van der Waals surface area contributed by atoms with E-state index in [1.54, 1.807) is 4.90 Å². The Kier molecular flexibility index (Phi) is 5.54. The molecule has 5 rings (SSSR count). The van der Waals surface area contributed by atoms with Gasteiger partial charge in [-0.2, -0.15) is 0 Å². The number of anilines is 2. The van der Waals surface area contributed by atoms with E-state index in [-0.39, 0.29) is 12.7 Å². The highest BCUT2D eigenvalue weighted by Crippen LogP contribution is 2.36. The minimum atomic E-state index is -0.0885. The summed E-state index contributed by atoms with van der Waals surface area (Å²) < 4.78 is 16.5. The van der Waals surface area contributed by atoms with E-state index in [4.69, 9.17) is 13.9 Å². The van der Waals surface area contributed by atoms with Crippen molar-refractivity contribution in [3.05, 3.63) is 59.1 Å². The lowest BCUT2D eigenvalue weighted by atomic mass is 10.2. The van der Waals surface area contributed by atoms with Gasteiger partial charge in [0.15, 0.2) is 16.6 Å². The van der Waals surface area contributed by atoms with E-state index in [2.05, 4.69) is 15.2 Å². The average Bonchev–Trinajstić information content (AvgIpc) is 3.52. The Morgan fingerprint density at radius 1 is 1.16 bits per heavy atom. The zero-order valence-electron chi connectivity index (χ0n) is 17.3. The lowest BCUT2D eigenvalue weighted by molar-refractivity contribution is -0.115. The maximum absolute atomic E-state index is 12.3. The first kappa shape index (κ1) is 20.5. The van der Waals surface area contributed by atoms with E-state index >= 15 is 0 Å². The van der Waals surface area contributed by atoms with Crippen molar-refractivity contribution in [1.29, 1.82) is 0 Å². The molecule has 3 heterocycles. The van der Waals surface area contributed by atoms with Crippen molar-refractivity contribution in [2.45, 2.75) is 24.8 Å². The first-order valence-corrected chi connectivity index (χ1v) is 11.6. The Morgan fingerprint density at radius 2 is 2.03 bits per heavy atom. The van der Waals surface area contributed by atoms with Crippen LogP contribution in [0.1, 0.15) is 18.2 Å². The van der Waals surface area contributed by atoms with Crippen LogP contribution in [-0.2, 0) is 10.5 Å². The fourth-order valence-electron chi connectivity index (χ4n) is 3.21. The van der Waals surface area contributed by atoms with Crippen molar-refractivity contribution < 1.29 is 18.7 Å². The fraction of sp³-hybridized carbons (Fsp3) is 0.182. The van der Waals surface area contributed by atoms with Gasteiger partial charge >= 0.3 is 0 Å². The van der Waals surface area contributed by atoms with Crippen LogP contribution in [-0.4, -0.2) is 27.9 Å². The third-order valence-electron chi connectivity index (χ3n) is 4.68. The van der Waals surface area contributed by atoms with Crippen molar-refractivity contribution in [2.24, 2.45) is 0 Å². The van der Waals surface area contributed by atoms with Crippen LogP contribution < -0.4 is 14.4 Å². The molecule has 0 aliphatic carbocycles. The second-order valence-corrected chi connectivity index (χ2v) is 8.81. The van der Waals surface area contributed by atoms with Crippen molar-refractivity contribution in [1.82, 2.24) is 15.2 Å². The van der Waals surface area contributed by atoms with Gasteiger partial charge in [-0.25, -0.2) is 4.98 Å². The predicted octanol–water partition coefficient (Wildman–Crippen LogP) is 5.21. The smallest absolute Gasteiger partial charge is 0.277 e. The van der Waals surface area contributed by atoms with Crippen LogP contribution in [0, 0.1) is 6.92 Å². The zero-order valence-corrected chi connectivity index (χ0v) is 18.9. The topological polar surface area (TPSA) is 90.6 Å². The number of aromatic nitrogens is 3. The molecular formula is C22H18N4O4S2. The molecule has 8 nitrogen and oxygen atoms in total. The zero-order chi connectivity index (χ0) is 22.1. The van der Waals surface area contributed by atoms with E-state index in [9.17, 15) is 4.79 Å². The van der Waals surface area contributed by atoms with Gasteiger partial charge in [0.1, 0.15) is 0 Å². The van der Waals surface area contributed by atoms with Gasteiger partial charge in [-0.15, -0.1) is 21.5 Å². The summed E-state index contributed by atoms with van der Waals surface area (Å²) in [6.07, 6.45) is 0. The van der Waals surface area contributed by atoms with Crippen LogP contribution in [0.2, 0.25) is 0 Å². The number of aryl methyl sites for hydroxylation is 1. The summed E-state index contributed by atoms with van der Waals surface area (Å²) in [6.45, 7) is 3.74. The summed E-state index contributed by atoms with van der Waals surface area (Å²) >= 11 is 2.81. The highest BCUT2D eigenvalue weighted by Gasteiger charge is 2.19. The van der Waals surface area contributed by atoms with Gasteiger partial charge in [-0.3, -0.25) is 9.69 Å². The summed E-state index contributed by atoms with van der Waals surface area (Å²) in [5, 5.41) is 11.2. The Bertz CT molecular complexity index is 1290. The molecule has 0 atom stereocenters. The van der Waals surface area contributed by atoms with Crippen LogP contribution in [0.25, 0.3) is 11.5 Å². The number of carbonyl (C=O) groups excluding carboxylic acids is 1. The van der Waals surface area contributed by atoms with Crippen LogP contribution in [0.3, 0.4) is 0 Å². The molecule has 32 heavy (non-hydrogen) atoms. The first-order valence-electron chi connectivity index (χ1n) is 9.75. The number of ether oxygens (including phenoxy) is 2. The Morgan fingerprint density at radius 3 is 2.88 bits per heavy atom.